The first-order valence-electron chi connectivity index (χ1n) is 7.67. The minimum absolute atomic E-state index is 0.0518. The number of sulfonamides is 1. The van der Waals surface area contributed by atoms with Crippen molar-refractivity contribution in [3.63, 3.8) is 0 Å². The number of rotatable bonds is 7. The maximum Gasteiger partial charge on any atom is 0.261 e. The third-order valence-electron chi connectivity index (χ3n) is 3.69. The van der Waals surface area contributed by atoms with Gasteiger partial charge in [0.2, 0.25) is 10.0 Å². The normalized spacial score (nSPS) is 11.6. The van der Waals surface area contributed by atoms with Gasteiger partial charge in [-0.25, -0.2) is 8.42 Å². The van der Waals surface area contributed by atoms with Crippen molar-refractivity contribution < 1.29 is 13.2 Å². The Hall–Kier alpha value is -1.60. The van der Waals surface area contributed by atoms with Crippen molar-refractivity contribution in [3.8, 4) is 0 Å². The van der Waals surface area contributed by atoms with Gasteiger partial charge in [0.25, 0.3) is 5.91 Å². The molecular formula is C16H22N2O3S2. The fraction of sp³-hybridized carbons (Fsp3) is 0.438. The molecule has 0 unspecified atom stereocenters. The summed E-state index contributed by atoms with van der Waals surface area (Å²) in [6, 6.07) is 7.25. The van der Waals surface area contributed by atoms with E-state index in [-0.39, 0.29) is 11.7 Å². The van der Waals surface area contributed by atoms with Gasteiger partial charge in [-0.2, -0.15) is 0 Å². The number of nitrogens with zero attached hydrogens (tertiary/aromatic N) is 1. The standard InChI is InChI=1S/C16H22N2O3S2/c1-4-6-9-17-16(19)15-11-12-10-13(7-8-14(12)22-15)18(3)23(20,21)5-2/h7-8,10-11H,4-6,9H2,1-3H3,(H,17,19). The highest BCUT2D eigenvalue weighted by molar-refractivity contribution is 7.92. The van der Waals surface area contributed by atoms with E-state index in [9.17, 15) is 13.2 Å². The number of nitrogens with one attached hydrogen (secondary N) is 1. The van der Waals surface area contributed by atoms with Gasteiger partial charge in [0.05, 0.1) is 16.3 Å². The summed E-state index contributed by atoms with van der Waals surface area (Å²) in [5.41, 5.74) is 0.607. The molecule has 1 amide bonds. The highest BCUT2D eigenvalue weighted by atomic mass is 32.2. The number of hydrogen-bond acceptors (Lipinski definition) is 4. The summed E-state index contributed by atoms with van der Waals surface area (Å²) in [7, 11) is -1.74. The van der Waals surface area contributed by atoms with Gasteiger partial charge in [-0.3, -0.25) is 9.10 Å². The summed E-state index contributed by atoms with van der Waals surface area (Å²) >= 11 is 1.42. The molecule has 126 valence electrons. The second-order valence-corrected chi connectivity index (χ2v) is 8.68. The van der Waals surface area contributed by atoms with Gasteiger partial charge in [0.15, 0.2) is 0 Å². The molecule has 0 fully saturated rings. The van der Waals surface area contributed by atoms with Crippen molar-refractivity contribution in [3.05, 3.63) is 29.1 Å². The first kappa shape index (κ1) is 17.7. The zero-order valence-corrected chi connectivity index (χ0v) is 15.3. The first-order chi connectivity index (χ1) is 10.9. The van der Waals surface area contributed by atoms with Crippen molar-refractivity contribution in [1.82, 2.24) is 5.32 Å². The average Bonchev–Trinajstić information content (AvgIpc) is 2.97. The van der Waals surface area contributed by atoms with Gasteiger partial charge in [-0.05, 0) is 43.0 Å². The Morgan fingerprint density at radius 3 is 2.65 bits per heavy atom. The third-order valence-corrected chi connectivity index (χ3v) is 6.58. The highest BCUT2D eigenvalue weighted by Gasteiger charge is 2.17. The molecule has 0 aliphatic carbocycles. The summed E-state index contributed by atoms with van der Waals surface area (Å²) in [6.45, 7) is 4.37. The minimum atomic E-state index is -3.29. The molecule has 0 spiro atoms. The summed E-state index contributed by atoms with van der Waals surface area (Å²) in [4.78, 5) is 12.8. The number of carbonyl (C=O) groups excluding carboxylic acids is 1. The van der Waals surface area contributed by atoms with Crippen LogP contribution in [0.4, 0.5) is 5.69 Å². The van der Waals surface area contributed by atoms with E-state index in [2.05, 4.69) is 12.2 Å². The summed E-state index contributed by atoms with van der Waals surface area (Å²) < 4.78 is 26.2. The summed E-state index contributed by atoms with van der Waals surface area (Å²) in [6.07, 6.45) is 1.99. The fourth-order valence-corrected chi connectivity index (χ4v) is 3.94. The van der Waals surface area contributed by atoms with Crippen molar-refractivity contribution >= 4 is 43.0 Å². The molecule has 0 saturated heterocycles. The predicted molar refractivity (Wildman–Crippen MR) is 96.9 cm³/mol. The molecule has 0 aliphatic rings. The van der Waals surface area contributed by atoms with E-state index >= 15 is 0 Å². The SMILES string of the molecule is CCCCNC(=O)c1cc2cc(N(C)S(=O)(=O)CC)ccc2s1. The van der Waals surface area contributed by atoms with Crippen LogP contribution in [0.25, 0.3) is 10.1 Å². The highest BCUT2D eigenvalue weighted by Crippen LogP contribution is 2.30. The zero-order chi connectivity index (χ0) is 17.0. The van der Waals surface area contributed by atoms with Crippen LogP contribution < -0.4 is 9.62 Å². The van der Waals surface area contributed by atoms with Gasteiger partial charge in [-0.1, -0.05) is 13.3 Å². The van der Waals surface area contributed by atoms with Crippen LogP contribution in [-0.4, -0.2) is 33.7 Å². The first-order valence-corrected chi connectivity index (χ1v) is 10.1. The lowest BCUT2D eigenvalue weighted by molar-refractivity contribution is 0.0957. The Labute approximate surface area is 141 Å². The van der Waals surface area contributed by atoms with E-state index < -0.39 is 10.0 Å². The molecule has 23 heavy (non-hydrogen) atoms. The molecule has 1 aromatic heterocycles. The van der Waals surface area contributed by atoms with E-state index in [1.54, 1.807) is 20.0 Å². The maximum atomic E-state index is 12.1. The molecule has 7 heteroatoms. The Morgan fingerprint density at radius 2 is 2.00 bits per heavy atom. The van der Waals surface area contributed by atoms with Crippen molar-refractivity contribution in [2.24, 2.45) is 0 Å². The number of amides is 1. The van der Waals surface area contributed by atoms with Gasteiger partial charge in [0, 0.05) is 18.3 Å². The quantitative estimate of drug-likeness (QED) is 0.776. The van der Waals surface area contributed by atoms with E-state index in [0.29, 0.717) is 17.1 Å². The van der Waals surface area contributed by atoms with E-state index in [4.69, 9.17) is 0 Å². The Bertz CT molecular complexity index is 797. The van der Waals surface area contributed by atoms with Gasteiger partial charge >= 0.3 is 0 Å². The number of carbonyl (C=O) groups is 1. The molecule has 1 aromatic carbocycles. The lowest BCUT2D eigenvalue weighted by Crippen LogP contribution is -2.27. The van der Waals surface area contributed by atoms with Crippen LogP contribution in [-0.2, 0) is 10.0 Å². The number of anilines is 1. The monoisotopic (exact) mass is 354 g/mol. The molecule has 2 aromatic rings. The molecule has 2 rings (SSSR count). The second-order valence-electron chi connectivity index (χ2n) is 5.31. The molecule has 0 bridgehead atoms. The van der Waals surface area contributed by atoms with Gasteiger partial charge < -0.3 is 5.32 Å². The van der Waals surface area contributed by atoms with E-state index in [1.165, 1.54) is 15.6 Å². The van der Waals surface area contributed by atoms with E-state index in [0.717, 1.165) is 22.9 Å². The van der Waals surface area contributed by atoms with Crippen molar-refractivity contribution in [2.45, 2.75) is 26.7 Å². The molecule has 0 atom stereocenters. The lowest BCUT2D eigenvalue weighted by Gasteiger charge is -2.18. The van der Waals surface area contributed by atoms with Gasteiger partial charge in [0.1, 0.15) is 0 Å². The average molecular weight is 354 g/mol. The van der Waals surface area contributed by atoms with Crippen LogP contribution >= 0.6 is 11.3 Å². The maximum absolute atomic E-state index is 12.1. The largest absolute Gasteiger partial charge is 0.351 e. The van der Waals surface area contributed by atoms with Crippen molar-refractivity contribution in [2.75, 3.05) is 23.7 Å². The Balaban J connectivity index is 2.26. The Kier molecular flexibility index (Phi) is 5.64. The molecule has 0 radical (unpaired) electrons. The molecule has 1 N–H and O–H groups in total. The Morgan fingerprint density at radius 1 is 1.26 bits per heavy atom. The van der Waals surface area contributed by atoms with Crippen LogP contribution in [0.1, 0.15) is 36.4 Å². The number of benzene rings is 1. The zero-order valence-electron chi connectivity index (χ0n) is 13.6. The topological polar surface area (TPSA) is 66.5 Å². The third kappa shape index (κ3) is 4.03. The number of hydrogen-bond donors (Lipinski definition) is 1. The smallest absolute Gasteiger partial charge is 0.261 e. The summed E-state index contributed by atoms with van der Waals surface area (Å²) in [5.74, 6) is -0.0216. The molecule has 1 heterocycles. The van der Waals surface area contributed by atoms with Crippen LogP contribution in [0.2, 0.25) is 0 Å². The molecular weight excluding hydrogens is 332 g/mol. The van der Waals surface area contributed by atoms with Gasteiger partial charge in [-0.15, -0.1) is 11.3 Å². The van der Waals surface area contributed by atoms with Crippen LogP contribution in [0.15, 0.2) is 24.3 Å². The second kappa shape index (κ2) is 7.31. The fourth-order valence-electron chi connectivity index (χ4n) is 2.16. The number of unbranched alkanes of at least 4 members (excludes halogenated alkanes) is 1. The van der Waals surface area contributed by atoms with Crippen LogP contribution in [0.3, 0.4) is 0 Å². The van der Waals surface area contributed by atoms with Crippen LogP contribution in [0, 0.1) is 0 Å². The van der Waals surface area contributed by atoms with Crippen LogP contribution in [0.5, 0.6) is 0 Å². The predicted octanol–water partition coefficient (Wildman–Crippen LogP) is 3.22. The molecule has 0 aliphatic heterocycles. The minimum Gasteiger partial charge on any atom is -0.351 e. The molecule has 5 nitrogen and oxygen atoms in total. The lowest BCUT2D eigenvalue weighted by atomic mass is 10.2. The molecule has 0 saturated carbocycles. The van der Waals surface area contributed by atoms with Crippen molar-refractivity contribution in [1.29, 1.82) is 0 Å². The number of fused-ring (bicyclic) bond motifs is 1. The summed E-state index contributed by atoms with van der Waals surface area (Å²) in [5, 5.41) is 3.78. The van der Waals surface area contributed by atoms with E-state index in [1.807, 2.05) is 18.2 Å². The number of thiophene rings is 1.